The predicted octanol–water partition coefficient (Wildman–Crippen LogP) is 3.43. The second-order valence-corrected chi connectivity index (χ2v) is 6.52. The first-order valence-corrected chi connectivity index (χ1v) is 7.36. The molecule has 98 valence electrons. The van der Waals surface area contributed by atoms with Crippen molar-refractivity contribution in [2.45, 2.75) is 37.9 Å². The lowest BCUT2D eigenvalue weighted by Crippen LogP contribution is -2.36. The Morgan fingerprint density at radius 3 is 2.78 bits per heavy atom. The van der Waals surface area contributed by atoms with Gasteiger partial charge in [-0.2, -0.15) is 0 Å². The maximum absolute atomic E-state index is 4.55. The van der Waals surface area contributed by atoms with E-state index in [4.69, 9.17) is 0 Å². The molecule has 0 atom stereocenters. The Morgan fingerprint density at radius 2 is 2.06 bits per heavy atom. The van der Waals surface area contributed by atoms with Crippen LogP contribution in [0.2, 0.25) is 0 Å². The van der Waals surface area contributed by atoms with E-state index in [1.807, 2.05) is 18.2 Å². The Hall–Kier alpha value is -1.00. The van der Waals surface area contributed by atoms with E-state index < -0.39 is 0 Å². The van der Waals surface area contributed by atoms with Crippen molar-refractivity contribution in [2.24, 2.45) is 0 Å². The molecule has 4 heteroatoms. The molecular weight excluding hydrogens is 242 g/mol. The van der Waals surface area contributed by atoms with Crippen molar-refractivity contribution >= 4 is 22.8 Å². The van der Waals surface area contributed by atoms with Gasteiger partial charge in [0, 0.05) is 11.3 Å². The number of hydrogen-bond acceptors (Lipinski definition) is 3. The van der Waals surface area contributed by atoms with E-state index in [1.165, 1.54) is 0 Å². The highest BCUT2D eigenvalue weighted by Gasteiger charge is 2.07. The highest BCUT2D eigenvalue weighted by molar-refractivity contribution is 7.99. The third kappa shape index (κ3) is 4.03. The summed E-state index contributed by atoms with van der Waals surface area (Å²) in [7, 11) is 0. The normalized spacial score (nSPS) is 12.2. The van der Waals surface area contributed by atoms with Crippen molar-refractivity contribution in [2.75, 3.05) is 12.3 Å². The maximum Gasteiger partial charge on any atom is 0.166 e. The van der Waals surface area contributed by atoms with E-state index in [0.29, 0.717) is 0 Å². The smallest absolute Gasteiger partial charge is 0.166 e. The molecule has 0 aliphatic heterocycles. The standard InChI is InChI=1S/C14H21N3S/c1-14(2,3)15-9-6-10-18-13-16-11-7-4-5-8-12(11)17-13/h4-5,7-8,15H,6,9-10H2,1-3H3,(H,16,17). The number of thioether (sulfide) groups is 1. The summed E-state index contributed by atoms with van der Waals surface area (Å²) in [6.07, 6.45) is 1.15. The molecule has 1 heterocycles. The first-order chi connectivity index (χ1) is 8.54. The summed E-state index contributed by atoms with van der Waals surface area (Å²) in [5.41, 5.74) is 2.38. The van der Waals surface area contributed by atoms with Gasteiger partial charge < -0.3 is 10.3 Å². The molecule has 0 aliphatic rings. The Morgan fingerprint density at radius 1 is 1.28 bits per heavy atom. The molecule has 0 radical (unpaired) electrons. The summed E-state index contributed by atoms with van der Waals surface area (Å²) in [6, 6.07) is 8.15. The van der Waals surface area contributed by atoms with Gasteiger partial charge in [-0.25, -0.2) is 4.98 Å². The number of benzene rings is 1. The van der Waals surface area contributed by atoms with Crippen LogP contribution in [0.3, 0.4) is 0 Å². The largest absolute Gasteiger partial charge is 0.333 e. The van der Waals surface area contributed by atoms with Gasteiger partial charge in [-0.3, -0.25) is 0 Å². The number of fused-ring (bicyclic) bond motifs is 1. The zero-order valence-corrected chi connectivity index (χ0v) is 12.1. The zero-order valence-electron chi connectivity index (χ0n) is 11.3. The fraction of sp³-hybridized carbons (Fsp3) is 0.500. The van der Waals surface area contributed by atoms with Crippen molar-refractivity contribution in [3.8, 4) is 0 Å². The molecule has 18 heavy (non-hydrogen) atoms. The van der Waals surface area contributed by atoms with Gasteiger partial charge >= 0.3 is 0 Å². The van der Waals surface area contributed by atoms with Gasteiger partial charge in [0.05, 0.1) is 11.0 Å². The van der Waals surface area contributed by atoms with Gasteiger partial charge in [0.25, 0.3) is 0 Å². The van der Waals surface area contributed by atoms with Crippen LogP contribution in [0.5, 0.6) is 0 Å². The highest BCUT2D eigenvalue weighted by atomic mass is 32.2. The minimum Gasteiger partial charge on any atom is -0.333 e. The number of nitrogens with one attached hydrogen (secondary N) is 2. The summed E-state index contributed by atoms with van der Waals surface area (Å²) in [5, 5.41) is 4.51. The van der Waals surface area contributed by atoms with Crippen LogP contribution in [0.15, 0.2) is 29.4 Å². The molecule has 0 aliphatic carbocycles. The van der Waals surface area contributed by atoms with Gasteiger partial charge in [-0.1, -0.05) is 23.9 Å². The molecule has 0 unspecified atom stereocenters. The quantitative estimate of drug-likeness (QED) is 0.641. The molecule has 0 spiro atoms. The lowest BCUT2D eigenvalue weighted by molar-refractivity contribution is 0.427. The number of rotatable bonds is 5. The monoisotopic (exact) mass is 263 g/mol. The van der Waals surface area contributed by atoms with Gasteiger partial charge in [0.15, 0.2) is 5.16 Å². The van der Waals surface area contributed by atoms with Crippen molar-refractivity contribution < 1.29 is 0 Å². The van der Waals surface area contributed by atoms with Crippen LogP contribution >= 0.6 is 11.8 Å². The maximum atomic E-state index is 4.55. The minimum absolute atomic E-state index is 0.212. The first-order valence-electron chi connectivity index (χ1n) is 6.37. The van der Waals surface area contributed by atoms with Crippen LogP contribution in [-0.2, 0) is 0 Å². The fourth-order valence-corrected chi connectivity index (χ4v) is 2.53. The molecule has 0 bridgehead atoms. The van der Waals surface area contributed by atoms with E-state index in [-0.39, 0.29) is 5.54 Å². The van der Waals surface area contributed by atoms with Crippen LogP contribution in [0.25, 0.3) is 11.0 Å². The summed E-state index contributed by atoms with van der Waals surface area (Å²) in [6.45, 7) is 7.63. The average molecular weight is 263 g/mol. The zero-order chi connectivity index (χ0) is 13.0. The SMILES string of the molecule is CC(C)(C)NCCCSc1nc2ccccc2[nH]1. The number of imidazole rings is 1. The molecule has 1 aromatic carbocycles. The van der Waals surface area contributed by atoms with Crippen LogP contribution in [-0.4, -0.2) is 27.8 Å². The van der Waals surface area contributed by atoms with E-state index in [9.17, 15) is 0 Å². The van der Waals surface area contributed by atoms with Gasteiger partial charge in [-0.15, -0.1) is 0 Å². The summed E-state index contributed by atoms with van der Waals surface area (Å²) < 4.78 is 0. The first kappa shape index (κ1) is 13.4. The second-order valence-electron chi connectivity index (χ2n) is 5.44. The van der Waals surface area contributed by atoms with Gasteiger partial charge in [0.1, 0.15) is 0 Å². The Labute approximate surface area is 113 Å². The van der Waals surface area contributed by atoms with Crippen LogP contribution in [0, 0.1) is 0 Å². The van der Waals surface area contributed by atoms with Gasteiger partial charge in [-0.05, 0) is 45.9 Å². The number of aromatic nitrogens is 2. The summed E-state index contributed by atoms with van der Waals surface area (Å²) >= 11 is 1.79. The molecule has 0 fully saturated rings. The lowest BCUT2D eigenvalue weighted by atomic mass is 10.1. The average Bonchev–Trinajstić information content (AvgIpc) is 2.69. The molecular formula is C14H21N3S. The van der Waals surface area contributed by atoms with Crippen molar-refractivity contribution in [1.29, 1.82) is 0 Å². The Kier molecular flexibility index (Phi) is 4.30. The number of aromatic amines is 1. The Balaban J connectivity index is 1.77. The van der Waals surface area contributed by atoms with Crippen LogP contribution in [0.1, 0.15) is 27.2 Å². The molecule has 2 N–H and O–H groups in total. The van der Waals surface area contributed by atoms with Crippen molar-refractivity contribution in [3.05, 3.63) is 24.3 Å². The van der Waals surface area contributed by atoms with Gasteiger partial charge in [0.2, 0.25) is 0 Å². The summed E-state index contributed by atoms with van der Waals surface area (Å²) in [4.78, 5) is 7.88. The predicted molar refractivity (Wildman–Crippen MR) is 79.2 cm³/mol. The molecule has 0 saturated carbocycles. The van der Waals surface area contributed by atoms with Crippen LogP contribution in [0.4, 0.5) is 0 Å². The molecule has 1 aromatic heterocycles. The molecule has 0 saturated heterocycles. The molecule has 0 amide bonds. The van der Waals surface area contributed by atoms with Crippen LogP contribution < -0.4 is 5.32 Å². The van der Waals surface area contributed by atoms with E-state index in [1.54, 1.807) is 11.8 Å². The fourth-order valence-electron chi connectivity index (χ4n) is 1.70. The van der Waals surface area contributed by atoms with Crippen molar-refractivity contribution in [3.63, 3.8) is 0 Å². The van der Waals surface area contributed by atoms with Crippen molar-refractivity contribution in [1.82, 2.24) is 15.3 Å². The summed E-state index contributed by atoms with van der Waals surface area (Å²) in [5.74, 6) is 1.09. The molecule has 2 rings (SSSR count). The molecule has 2 aromatic rings. The topological polar surface area (TPSA) is 40.7 Å². The highest BCUT2D eigenvalue weighted by Crippen LogP contribution is 2.19. The number of hydrogen-bond donors (Lipinski definition) is 2. The van der Waals surface area contributed by atoms with E-state index >= 15 is 0 Å². The number of nitrogens with zero attached hydrogens (tertiary/aromatic N) is 1. The third-order valence-corrected chi connectivity index (χ3v) is 3.54. The Bertz CT molecular complexity index is 466. The number of H-pyrrole nitrogens is 1. The molecule has 3 nitrogen and oxygen atoms in total. The van der Waals surface area contributed by atoms with E-state index in [0.717, 1.165) is 34.9 Å². The second kappa shape index (κ2) is 5.76. The number of para-hydroxylation sites is 2. The van der Waals surface area contributed by atoms with E-state index in [2.05, 4.69) is 42.1 Å². The third-order valence-electron chi connectivity index (χ3n) is 2.58. The lowest BCUT2D eigenvalue weighted by Gasteiger charge is -2.20. The minimum atomic E-state index is 0.212.